The van der Waals surface area contributed by atoms with Gasteiger partial charge in [0.1, 0.15) is 11.6 Å². The Bertz CT molecular complexity index is 1060. The van der Waals surface area contributed by atoms with Gasteiger partial charge in [-0.2, -0.15) is 5.10 Å². The van der Waals surface area contributed by atoms with Crippen LogP contribution in [0.4, 0.5) is 4.39 Å². The second kappa shape index (κ2) is 8.95. The smallest absolute Gasteiger partial charge is 0.306 e. The third-order valence-electron chi connectivity index (χ3n) is 4.33. The van der Waals surface area contributed by atoms with E-state index in [1.807, 2.05) is 0 Å². The summed E-state index contributed by atoms with van der Waals surface area (Å²) in [5.74, 6) is -1.60. The van der Waals surface area contributed by atoms with Gasteiger partial charge in [-0.05, 0) is 30.3 Å². The fourth-order valence-electron chi connectivity index (χ4n) is 2.86. The molecule has 0 aliphatic heterocycles. The van der Waals surface area contributed by atoms with E-state index in [1.165, 1.54) is 41.8 Å². The van der Waals surface area contributed by atoms with Crippen molar-refractivity contribution in [2.75, 3.05) is 7.11 Å². The summed E-state index contributed by atoms with van der Waals surface area (Å²) in [4.78, 5) is 25.0. The Kier molecular flexibility index (Phi) is 6.38. The van der Waals surface area contributed by atoms with Crippen molar-refractivity contribution in [1.82, 2.24) is 9.78 Å². The molecule has 0 fully saturated rings. The molecule has 0 unspecified atom stereocenters. The van der Waals surface area contributed by atoms with Crippen LogP contribution in [0.1, 0.15) is 29.6 Å². The molecule has 0 amide bonds. The van der Waals surface area contributed by atoms with E-state index in [0.717, 1.165) is 4.90 Å². The number of carbonyl (C=O) groups is 1. The first-order valence-electron chi connectivity index (χ1n) is 8.68. The van der Waals surface area contributed by atoms with Gasteiger partial charge < -0.3 is 14.3 Å². The first kappa shape index (κ1) is 20.7. The molecule has 0 aliphatic carbocycles. The summed E-state index contributed by atoms with van der Waals surface area (Å²) >= 11 is 1.35. The van der Waals surface area contributed by atoms with Gasteiger partial charge in [-0.15, -0.1) is 11.8 Å². The second-order valence-electron chi connectivity index (χ2n) is 6.24. The number of aryl methyl sites for hydroxylation is 1. The monoisotopic (exact) mass is 418 g/mol. The molecule has 3 aromatic rings. The van der Waals surface area contributed by atoms with Crippen molar-refractivity contribution in [2.45, 2.75) is 23.0 Å². The summed E-state index contributed by atoms with van der Waals surface area (Å²) in [5.41, 5.74) is -0.0322. The molecule has 2 heterocycles. The Morgan fingerprint density at radius 3 is 2.69 bits per heavy atom. The van der Waals surface area contributed by atoms with Gasteiger partial charge in [-0.1, -0.05) is 0 Å². The zero-order valence-corrected chi connectivity index (χ0v) is 16.6. The van der Waals surface area contributed by atoms with E-state index in [9.17, 15) is 19.1 Å². The van der Waals surface area contributed by atoms with Crippen molar-refractivity contribution in [2.24, 2.45) is 7.05 Å². The lowest BCUT2D eigenvalue weighted by molar-refractivity contribution is -0.141. The molecule has 3 rings (SSSR count). The molecule has 29 heavy (non-hydrogen) atoms. The van der Waals surface area contributed by atoms with Crippen LogP contribution in [0.2, 0.25) is 0 Å². The number of rotatable bonds is 7. The lowest BCUT2D eigenvalue weighted by Gasteiger charge is -2.17. The summed E-state index contributed by atoms with van der Waals surface area (Å²) in [7, 11) is 2.94. The number of thioether (sulfide) groups is 1. The highest BCUT2D eigenvalue weighted by atomic mass is 32.2. The average Bonchev–Trinajstić information content (AvgIpc) is 3.13. The number of nitrogens with zero attached hydrogens (tertiary/aromatic N) is 2. The van der Waals surface area contributed by atoms with E-state index in [-0.39, 0.29) is 23.8 Å². The van der Waals surface area contributed by atoms with Gasteiger partial charge in [0.05, 0.1) is 25.2 Å². The first-order chi connectivity index (χ1) is 13.9. The third-order valence-corrected chi connectivity index (χ3v) is 5.36. The molecule has 7 nitrogen and oxygen atoms in total. The Morgan fingerprint density at radius 1 is 1.34 bits per heavy atom. The highest BCUT2D eigenvalue weighted by Gasteiger charge is 2.28. The van der Waals surface area contributed by atoms with E-state index in [4.69, 9.17) is 9.15 Å². The number of aromatic nitrogens is 2. The van der Waals surface area contributed by atoms with Crippen LogP contribution in [-0.2, 0) is 22.3 Å². The normalized spacial score (nSPS) is 12.0. The van der Waals surface area contributed by atoms with Crippen molar-refractivity contribution < 1.29 is 23.4 Å². The van der Waals surface area contributed by atoms with Gasteiger partial charge >= 0.3 is 5.97 Å². The van der Waals surface area contributed by atoms with Crippen molar-refractivity contribution in [3.8, 4) is 5.75 Å². The maximum absolute atomic E-state index is 13.0. The number of methoxy groups -OCH3 is 1. The van der Waals surface area contributed by atoms with Crippen LogP contribution >= 0.6 is 11.8 Å². The third kappa shape index (κ3) is 4.86. The standard InChI is InChI=1S/C20H19FN2O5S/c1-23-16(7-8-22-23)15(10-18(25)27-2)20-19(26)17(24)9-13(28-20)11-29-14-5-3-12(21)4-6-14/h3-9,15,26H,10-11H2,1-2H3/t15-/m0/s1. The van der Waals surface area contributed by atoms with Crippen molar-refractivity contribution in [3.63, 3.8) is 0 Å². The number of aromatic hydroxyl groups is 1. The van der Waals surface area contributed by atoms with Gasteiger partial charge in [0, 0.05) is 29.9 Å². The van der Waals surface area contributed by atoms with Crippen LogP contribution in [0.5, 0.6) is 5.75 Å². The average molecular weight is 418 g/mol. The zero-order chi connectivity index (χ0) is 21.0. The van der Waals surface area contributed by atoms with E-state index >= 15 is 0 Å². The minimum absolute atomic E-state index is 0.0267. The molecule has 1 atom stereocenters. The topological polar surface area (TPSA) is 94.6 Å². The van der Waals surface area contributed by atoms with Crippen LogP contribution in [0, 0.1) is 5.82 Å². The Labute approximate surface area is 170 Å². The molecule has 0 saturated carbocycles. The van der Waals surface area contributed by atoms with Gasteiger partial charge in [-0.25, -0.2) is 4.39 Å². The van der Waals surface area contributed by atoms with E-state index < -0.39 is 23.1 Å². The molecule has 1 N–H and O–H groups in total. The SMILES string of the molecule is COC(=O)C[C@H](c1oc(CSc2ccc(F)cc2)cc(=O)c1O)c1ccnn1C. The fourth-order valence-corrected chi connectivity index (χ4v) is 3.63. The molecule has 152 valence electrons. The van der Waals surface area contributed by atoms with Gasteiger partial charge in [0.25, 0.3) is 0 Å². The molecule has 2 aromatic heterocycles. The fraction of sp³-hybridized carbons (Fsp3) is 0.250. The quantitative estimate of drug-likeness (QED) is 0.465. The van der Waals surface area contributed by atoms with Gasteiger partial charge in [-0.3, -0.25) is 14.3 Å². The van der Waals surface area contributed by atoms with Crippen LogP contribution in [0.25, 0.3) is 0 Å². The predicted octanol–water partition coefficient (Wildman–Crippen LogP) is 3.21. The number of carbonyl (C=O) groups excluding carboxylic acids is 1. The number of hydrogen-bond donors (Lipinski definition) is 1. The van der Waals surface area contributed by atoms with Crippen LogP contribution in [0.15, 0.2) is 56.7 Å². The molecule has 0 aliphatic rings. The predicted molar refractivity (Wildman–Crippen MR) is 104 cm³/mol. The number of esters is 1. The lowest BCUT2D eigenvalue weighted by atomic mass is 9.97. The highest BCUT2D eigenvalue weighted by Crippen LogP contribution is 2.34. The van der Waals surface area contributed by atoms with Crippen LogP contribution in [-0.4, -0.2) is 28.0 Å². The number of benzene rings is 1. The van der Waals surface area contributed by atoms with Crippen LogP contribution in [0.3, 0.4) is 0 Å². The minimum Gasteiger partial charge on any atom is -0.502 e. The summed E-state index contributed by atoms with van der Waals surface area (Å²) < 4.78 is 25.2. The Hall–Kier alpha value is -3.07. The first-order valence-corrected chi connectivity index (χ1v) is 9.66. The van der Waals surface area contributed by atoms with Gasteiger partial charge in [0.2, 0.25) is 11.2 Å². The van der Waals surface area contributed by atoms with E-state index in [2.05, 4.69) is 5.10 Å². The molecular formula is C20H19FN2O5S. The molecular weight excluding hydrogens is 399 g/mol. The number of ether oxygens (including phenoxy) is 1. The molecule has 0 spiro atoms. The molecule has 0 saturated heterocycles. The van der Waals surface area contributed by atoms with Crippen LogP contribution < -0.4 is 5.43 Å². The molecule has 9 heteroatoms. The summed E-state index contributed by atoms with van der Waals surface area (Å²) in [6.45, 7) is 0. The maximum Gasteiger partial charge on any atom is 0.306 e. The molecule has 0 bridgehead atoms. The van der Waals surface area contributed by atoms with Gasteiger partial charge in [0.15, 0.2) is 5.76 Å². The lowest BCUT2D eigenvalue weighted by Crippen LogP contribution is -2.16. The van der Waals surface area contributed by atoms with Crippen molar-refractivity contribution in [3.05, 3.63) is 75.9 Å². The molecule has 0 radical (unpaired) electrons. The summed E-state index contributed by atoms with van der Waals surface area (Å²) in [6.07, 6.45) is 1.41. The highest BCUT2D eigenvalue weighted by molar-refractivity contribution is 7.98. The summed E-state index contributed by atoms with van der Waals surface area (Å²) in [6, 6.07) is 8.80. The van der Waals surface area contributed by atoms with E-state index in [0.29, 0.717) is 11.5 Å². The summed E-state index contributed by atoms with van der Waals surface area (Å²) in [5, 5.41) is 14.4. The number of halogens is 1. The maximum atomic E-state index is 13.0. The van der Waals surface area contributed by atoms with Crippen molar-refractivity contribution in [1.29, 1.82) is 0 Å². The minimum atomic E-state index is -0.751. The molecule has 1 aromatic carbocycles. The Morgan fingerprint density at radius 2 is 2.07 bits per heavy atom. The Balaban J connectivity index is 1.95. The van der Waals surface area contributed by atoms with E-state index in [1.54, 1.807) is 31.4 Å². The number of hydrogen-bond acceptors (Lipinski definition) is 7. The largest absolute Gasteiger partial charge is 0.502 e. The van der Waals surface area contributed by atoms with Crippen molar-refractivity contribution >= 4 is 17.7 Å². The second-order valence-corrected chi connectivity index (χ2v) is 7.29. The zero-order valence-electron chi connectivity index (χ0n) is 15.8.